The molecule has 0 amide bonds. The smallest absolute Gasteiger partial charge is 0.229 e. The van der Waals surface area contributed by atoms with Crippen LogP contribution in [0.25, 0.3) is 10.9 Å². The minimum absolute atomic E-state index is 0.0552. The van der Waals surface area contributed by atoms with Crippen molar-refractivity contribution < 1.29 is 9.84 Å². The van der Waals surface area contributed by atoms with Gasteiger partial charge in [0.25, 0.3) is 0 Å². The predicted octanol–water partition coefficient (Wildman–Crippen LogP) is 1.48. The molecule has 0 spiro atoms. The molecule has 0 saturated carbocycles. The first kappa shape index (κ1) is 11.2. The fourth-order valence-corrected chi connectivity index (χ4v) is 2.22. The Balaban J connectivity index is 2.09. The summed E-state index contributed by atoms with van der Waals surface area (Å²) >= 11 is 0. The Morgan fingerprint density at radius 2 is 2.00 bits per heavy atom. The number of anilines is 1. The average Bonchev–Trinajstić information content (AvgIpc) is 2.39. The van der Waals surface area contributed by atoms with Crippen molar-refractivity contribution in [2.24, 2.45) is 0 Å². The van der Waals surface area contributed by atoms with Gasteiger partial charge in [-0.15, -0.1) is 0 Å². The number of aromatic nitrogens is 2. The number of hydrogen-bond acceptors (Lipinski definition) is 5. The van der Waals surface area contributed by atoms with Gasteiger partial charge in [0.15, 0.2) is 0 Å². The lowest BCUT2D eigenvalue weighted by Gasteiger charge is -2.26. The van der Waals surface area contributed by atoms with Crippen LogP contribution in [0, 0.1) is 6.92 Å². The number of fused-ring (bicyclic) bond motifs is 1. The van der Waals surface area contributed by atoms with E-state index in [1.165, 1.54) is 0 Å². The van der Waals surface area contributed by atoms with E-state index < -0.39 is 0 Å². The molecule has 1 aliphatic rings. The Morgan fingerprint density at radius 1 is 1.22 bits per heavy atom. The Hall–Kier alpha value is -1.88. The maximum Gasteiger partial charge on any atom is 0.229 e. The number of aryl methyl sites for hydroxylation is 1. The van der Waals surface area contributed by atoms with Gasteiger partial charge in [-0.25, -0.2) is 4.98 Å². The molecule has 0 bridgehead atoms. The zero-order valence-corrected chi connectivity index (χ0v) is 10.3. The largest absolute Gasteiger partial charge is 0.493 e. The summed E-state index contributed by atoms with van der Waals surface area (Å²) in [7, 11) is 0. The van der Waals surface area contributed by atoms with Crippen LogP contribution in [0.5, 0.6) is 5.88 Å². The normalized spacial score (nSPS) is 16.2. The fourth-order valence-electron chi connectivity index (χ4n) is 2.22. The second-order valence-electron chi connectivity index (χ2n) is 4.42. The van der Waals surface area contributed by atoms with Crippen LogP contribution >= 0.6 is 0 Å². The molecule has 1 aromatic heterocycles. The van der Waals surface area contributed by atoms with Gasteiger partial charge in [-0.05, 0) is 18.6 Å². The van der Waals surface area contributed by atoms with Crippen LogP contribution in [0.15, 0.2) is 18.2 Å². The van der Waals surface area contributed by atoms with E-state index in [1.54, 1.807) is 0 Å². The van der Waals surface area contributed by atoms with E-state index in [1.807, 2.05) is 30.0 Å². The highest BCUT2D eigenvalue weighted by Crippen LogP contribution is 2.27. The molecule has 1 aliphatic heterocycles. The predicted molar refractivity (Wildman–Crippen MR) is 69.0 cm³/mol. The molecule has 1 saturated heterocycles. The van der Waals surface area contributed by atoms with E-state index in [0.29, 0.717) is 19.2 Å². The minimum Gasteiger partial charge on any atom is -0.493 e. The Bertz CT molecular complexity index is 580. The Labute approximate surface area is 105 Å². The number of aromatic hydroxyl groups is 1. The molecule has 18 heavy (non-hydrogen) atoms. The summed E-state index contributed by atoms with van der Waals surface area (Å²) in [6.07, 6.45) is 0. The first-order valence-corrected chi connectivity index (χ1v) is 6.05. The molecule has 0 radical (unpaired) electrons. The molecule has 94 valence electrons. The van der Waals surface area contributed by atoms with Crippen LogP contribution in [-0.4, -0.2) is 41.4 Å². The fraction of sp³-hybridized carbons (Fsp3) is 0.385. The van der Waals surface area contributed by atoms with Crippen LogP contribution in [0.2, 0.25) is 0 Å². The number of ether oxygens (including phenoxy) is 1. The van der Waals surface area contributed by atoms with Gasteiger partial charge in [0, 0.05) is 13.1 Å². The van der Waals surface area contributed by atoms with E-state index in [-0.39, 0.29) is 5.88 Å². The summed E-state index contributed by atoms with van der Waals surface area (Å²) in [6, 6.07) is 5.78. The summed E-state index contributed by atoms with van der Waals surface area (Å²) in [5.41, 5.74) is 1.77. The molecule has 2 heterocycles. The van der Waals surface area contributed by atoms with Crippen molar-refractivity contribution in [3.05, 3.63) is 23.8 Å². The molecule has 1 N–H and O–H groups in total. The van der Waals surface area contributed by atoms with Gasteiger partial charge in [-0.3, -0.25) is 0 Å². The van der Waals surface area contributed by atoms with Gasteiger partial charge in [-0.2, -0.15) is 4.98 Å². The van der Waals surface area contributed by atoms with Crippen LogP contribution in [0.1, 0.15) is 5.56 Å². The molecule has 0 aliphatic carbocycles. The molecule has 1 aromatic carbocycles. The topological polar surface area (TPSA) is 58.5 Å². The van der Waals surface area contributed by atoms with Crippen molar-refractivity contribution in [1.29, 1.82) is 0 Å². The van der Waals surface area contributed by atoms with E-state index >= 15 is 0 Å². The van der Waals surface area contributed by atoms with Crippen molar-refractivity contribution in [3.8, 4) is 5.88 Å². The number of nitrogens with zero attached hydrogens (tertiary/aromatic N) is 3. The highest BCUT2D eigenvalue weighted by Gasteiger charge is 2.16. The lowest BCUT2D eigenvalue weighted by atomic mass is 10.1. The Kier molecular flexibility index (Phi) is 2.76. The third kappa shape index (κ3) is 1.86. The second-order valence-corrected chi connectivity index (χ2v) is 4.42. The number of hydrogen-bond donors (Lipinski definition) is 1. The lowest BCUT2D eigenvalue weighted by Crippen LogP contribution is -2.37. The van der Waals surface area contributed by atoms with E-state index in [9.17, 15) is 5.11 Å². The van der Waals surface area contributed by atoms with Gasteiger partial charge in [0.1, 0.15) is 0 Å². The van der Waals surface area contributed by atoms with Gasteiger partial charge in [-0.1, -0.05) is 12.1 Å². The summed E-state index contributed by atoms with van der Waals surface area (Å²) in [6.45, 7) is 4.82. The van der Waals surface area contributed by atoms with Gasteiger partial charge in [0.05, 0.1) is 24.1 Å². The lowest BCUT2D eigenvalue weighted by molar-refractivity contribution is 0.122. The molecule has 1 fully saturated rings. The molecular weight excluding hydrogens is 230 g/mol. The summed E-state index contributed by atoms with van der Waals surface area (Å²) < 4.78 is 5.30. The quantitative estimate of drug-likeness (QED) is 0.824. The SMILES string of the molecule is Cc1cccc2nc(N3CCOCC3)nc(O)c12. The van der Waals surface area contributed by atoms with E-state index in [2.05, 4.69) is 9.97 Å². The van der Waals surface area contributed by atoms with Crippen LogP contribution in [-0.2, 0) is 4.74 Å². The summed E-state index contributed by atoms with van der Waals surface area (Å²) in [5, 5.41) is 10.8. The van der Waals surface area contributed by atoms with Crippen molar-refractivity contribution in [2.75, 3.05) is 31.2 Å². The van der Waals surface area contributed by atoms with E-state index in [4.69, 9.17) is 4.74 Å². The second kappa shape index (κ2) is 4.42. The van der Waals surface area contributed by atoms with Crippen molar-refractivity contribution in [1.82, 2.24) is 9.97 Å². The number of morpholine rings is 1. The highest BCUT2D eigenvalue weighted by molar-refractivity contribution is 5.87. The third-order valence-corrected chi connectivity index (χ3v) is 3.19. The number of rotatable bonds is 1. The zero-order chi connectivity index (χ0) is 12.5. The van der Waals surface area contributed by atoms with Crippen LogP contribution in [0.3, 0.4) is 0 Å². The molecule has 2 aromatic rings. The van der Waals surface area contributed by atoms with Crippen LogP contribution < -0.4 is 4.90 Å². The van der Waals surface area contributed by atoms with Crippen molar-refractivity contribution in [2.45, 2.75) is 6.92 Å². The monoisotopic (exact) mass is 245 g/mol. The third-order valence-electron chi connectivity index (χ3n) is 3.19. The zero-order valence-electron chi connectivity index (χ0n) is 10.3. The molecule has 3 rings (SSSR count). The molecule has 0 atom stereocenters. The van der Waals surface area contributed by atoms with Gasteiger partial charge >= 0.3 is 0 Å². The first-order chi connectivity index (χ1) is 8.75. The molecule has 0 unspecified atom stereocenters. The Morgan fingerprint density at radius 3 is 2.78 bits per heavy atom. The average molecular weight is 245 g/mol. The molecule has 5 nitrogen and oxygen atoms in total. The summed E-state index contributed by atoms with van der Waals surface area (Å²) in [5.74, 6) is 0.633. The van der Waals surface area contributed by atoms with Gasteiger partial charge < -0.3 is 14.7 Å². The first-order valence-electron chi connectivity index (χ1n) is 6.05. The standard InChI is InChI=1S/C13H15N3O2/c1-9-3-2-4-10-11(9)12(17)15-13(14-10)16-5-7-18-8-6-16/h2-4H,5-8H2,1H3,(H,14,15,17). The highest BCUT2D eigenvalue weighted by atomic mass is 16.5. The van der Waals surface area contributed by atoms with E-state index in [0.717, 1.165) is 29.6 Å². The number of benzene rings is 1. The maximum absolute atomic E-state index is 10.1. The van der Waals surface area contributed by atoms with Crippen LogP contribution in [0.4, 0.5) is 5.95 Å². The van der Waals surface area contributed by atoms with Crippen molar-refractivity contribution in [3.63, 3.8) is 0 Å². The summed E-state index contributed by atoms with van der Waals surface area (Å²) in [4.78, 5) is 10.8. The minimum atomic E-state index is 0.0552. The molecular formula is C13H15N3O2. The van der Waals surface area contributed by atoms with Crippen molar-refractivity contribution >= 4 is 16.9 Å². The molecule has 5 heteroatoms. The maximum atomic E-state index is 10.1. The van der Waals surface area contributed by atoms with Gasteiger partial charge in [0.2, 0.25) is 11.8 Å².